The van der Waals surface area contributed by atoms with Gasteiger partial charge in [-0.2, -0.15) is 13.2 Å². The Labute approximate surface area is 87.6 Å². The molecule has 1 nitrogen and oxygen atoms in total. The molecular weight excluding hydrogens is 264 g/mol. The Morgan fingerprint density at radius 3 is 1.24 bits per heavy atom. The molecule has 0 radical (unpaired) electrons. The van der Waals surface area contributed by atoms with Crippen LogP contribution in [0.3, 0.4) is 0 Å². The lowest BCUT2D eigenvalue weighted by molar-refractivity contribution is -0.00210. The van der Waals surface area contributed by atoms with Gasteiger partial charge < -0.3 is 0 Å². The highest BCUT2D eigenvalue weighted by Crippen LogP contribution is 2.60. The summed E-state index contributed by atoms with van der Waals surface area (Å²) >= 11 is 0. The minimum atomic E-state index is -4.63. The lowest BCUT2D eigenvalue weighted by atomic mass is 10.1. The molecule has 0 N–H and O–H groups in total. The number of hydrogen-bond acceptors (Lipinski definition) is 1. The van der Waals surface area contributed by atoms with Crippen LogP contribution in [0.5, 0.6) is 0 Å². The summed E-state index contributed by atoms with van der Waals surface area (Å²) in [7, 11) is 0. The van der Waals surface area contributed by atoms with Crippen LogP contribution >= 0.6 is 0 Å². The first-order chi connectivity index (χ1) is 7.63. The van der Waals surface area contributed by atoms with Crippen molar-refractivity contribution >= 4 is 0 Å². The van der Waals surface area contributed by atoms with Crippen LogP contribution in [0.15, 0.2) is 0 Å². The first kappa shape index (κ1) is 12.1. The molecule has 0 saturated carbocycles. The molecule has 1 unspecified atom stereocenters. The molecule has 0 aliphatic carbocycles. The Bertz CT molecular complexity index is 484. The molecule has 1 saturated heterocycles. The maximum atomic E-state index is 13.1. The Balaban J connectivity index is 2.73. The predicted octanol–water partition coefficient (Wildman–Crippen LogP) is 3.13. The van der Waals surface area contributed by atoms with E-state index >= 15 is 0 Å². The highest BCUT2D eigenvalue weighted by atomic mass is 19.3. The molecule has 0 aromatic heterocycles. The van der Waals surface area contributed by atoms with Crippen molar-refractivity contribution in [1.82, 2.24) is 0 Å². The SMILES string of the molecule is Fc1c(F)c(F)c(C2(F)OC2(F)F)c(F)c1F. The first-order valence-electron chi connectivity index (χ1n) is 3.92. The average molecular weight is 264 g/mol. The molecule has 1 atom stereocenters. The molecular formula is C8F8O. The van der Waals surface area contributed by atoms with Crippen molar-refractivity contribution in [3.05, 3.63) is 34.6 Å². The zero-order valence-corrected chi connectivity index (χ0v) is 7.43. The normalized spacial score (nSPS) is 26.1. The largest absolute Gasteiger partial charge is 0.422 e. The van der Waals surface area contributed by atoms with Gasteiger partial charge in [-0.1, -0.05) is 0 Å². The Kier molecular flexibility index (Phi) is 2.20. The summed E-state index contributed by atoms with van der Waals surface area (Å²) < 4.78 is 104. The van der Waals surface area contributed by atoms with Crippen LogP contribution in [-0.2, 0) is 10.6 Å². The molecule has 0 spiro atoms. The van der Waals surface area contributed by atoms with Gasteiger partial charge in [-0.15, -0.1) is 0 Å². The van der Waals surface area contributed by atoms with Crippen LogP contribution in [0.4, 0.5) is 35.1 Å². The minimum absolute atomic E-state index is 2.33. The molecule has 1 aromatic carbocycles. The van der Waals surface area contributed by atoms with E-state index in [1.807, 2.05) is 0 Å². The summed E-state index contributed by atoms with van der Waals surface area (Å²) in [4.78, 5) is 0. The van der Waals surface area contributed by atoms with E-state index in [9.17, 15) is 35.1 Å². The van der Waals surface area contributed by atoms with Crippen LogP contribution in [0.1, 0.15) is 5.56 Å². The minimum Gasteiger partial charge on any atom is -0.266 e. The number of epoxide rings is 1. The van der Waals surface area contributed by atoms with Gasteiger partial charge in [0.25, 0.3) is 0 Å². The van der Waals surface area contributed by atoms with Crippen molar-refractivity contribution in [2.45, 2.75) is 12.0 Å². The molecule has 0 bridgehead atoms. The summed E-state index contributed by atoms with van der Waals surface area (Å²) in [6, 6.07) is 0. The first-order valence-corrected chi connectivity index (χ1v) is 3.92. The van der Waals surface area contributed by atoms with Gasteiger partial charge in [-0.05, 0) is 0 Å². The number of halogens is 8. The molecule has 1 heterocycles. The van der Waals surface area contributed by atoms with Gasteiger partial charge in [0.05, 0.1) is 0 Å². The van der Waals surface area contributed by atoms with Crippen molar-refractivity contribution in [2.24, 2.45) is 0 Å². The maximum absolute atomic E-state index is 13.1. The number of benzene rings is 1. The van der Waals surface area contributed by atoms with Crippen LogP contribution < -0.4 is 0 Å². The van der Waals surface area contributed by atoms with Crippen LogP contribution in [0.2, 0.25) is 0 Å². The van der Waals surface area contributed by atoms with Crippen molar-refractivity contribution in [3.63, 3.8) is 0 Å². The number of ether oxygens (including phenoxy) is 1. The van der Waals surface area contributed by atoms with Crippen LogP contribution in [-0.4, -0.2) is 6.11 Å². The lowest BCUT2D eigenvalue weighted by Crippen LogP contribution is -2.18. The summed E-state index contributed by atoms with van der Waals surface area (Å²) in [5.74, 6) is -17.3. The van der Waals surface area contributed by atoms with Crippen LogP contribution in [0.25, 0.3) is 0 Å². The van der Waals surface area contributed by atoms with Gasteiger partial charge in [0, 0.05) is 0 Å². The molecule has 17 heavy (non-hydrogen) atoms. The Morgan fingerprint density at radius 2 is 0.941 bits per heavy atom. The average Bonchev–Trinajstić information content (AvgIpc) is 2.73. The third-order valence-corrected chi connectivity index (χ3v) is 2.13. The van der Waals surface area contributed by atoms with Gasteiger partial charge in [0.1, 0.15) is 5.56 Å². The topological polar surface area (TPSA) is 12.5 Å². The van der Waals surface area contributed by atoms with Crippen LogP contribution in [0, 0.1) is 29.1 Å². The van der Waals surface area contributed by atoms with Gasteiger partial charge in [-0.25, -0.2) is 22.0 Å². The zero-order chi connectivity index (χ0) is 13.2. The third kappa shape index (κ3) is 1.34. The smallest absolute Gasteiger partial charge is 0.266 e. The van der Waals surface area contributed by atoms with Gasteiger partial charge in [0.2, 0.25) is 5.82 Å². The Hall–Kier alpha value is -1.38. The summed E-state index contributed by atoms with van der Waals surface area (Å²) in [6.07, 6.45) is -4.63. The quantitative estimate of drug-likeness (QED) is 0.328. The van der Waals surface area contributed by atoms with Gasteiger partial charge in [-0.3, -0.25) is 4.74 Å². The zero-order valence-electron chi connectivity index (χ0n) is 7.43. The van der Waals surface area contributed by atoms with E-state index in [-0.39, 0.29) is 0 Å². The third-order valence-electron chi connectivity index (χ3n) is 2.13. The van der Waals surface area contributed by atoms with Crippen molar-refractivity contribution in [2.75, 3.05) is 0 Å². The van der Waals surface area contributed by atoms with E-state index in [1.165, 1.54) is 0 Å². The number of alkyl halides is 3. The van der Waals surface area contributed by atoms with Crippen molar-refractivity contribution in [3.8, 4) is 0 Å². The molecule has 2 rings (SSSR count). The van der Waals surface area contributed by atoms with E-state index in [2.05, 4.69) is 4.74 Å². The molecule has 0 amide bonds. The second-order valence-corrected chi connectivity index (χ2v) is 3.16. The highest BCUT2D eigenvalue weighted by Gasteiger charge is 2.80. The summed E-state index contributed by atoms with van der Waals surface area (Å²) in [5, 5.41) is 0. The Morgan fingerprint density at radius 1 is 0.647 bits per heavy atom. The second-order valence-electron chi connectivity index (χ2n) is 3.16. The van der Waals surface area contributed by atoms with Crippen molar-refractivity contribution < 1.29 is 39.9 Å². The standard InChI is InChI=1S/C8F8O/c9-2-1(7(14)8(15,16)17-7)3(10)5(12)6(13)4(2)11. The monoisotopic (exact) mass is 264 g/mol. The summed E-state index contributed by atoms with van der Waals surface area (Å²) in [6.45, 7) is 0. The molecule has 1 aromatic rings. The highest BCUT2D eigenvalue weighted by molar-refractivity contribution is 5.32. The van der Waals surface area contributed by atoms with E-state index in [0.29, 0.717) is 0 Å². The number of hydrogen-bond donors (Lipinski definition) is 0. The predicted molar refractivity (Wildman–Crippen MR) is 35.0 cm³/mol. The van der Waals surface area contributed by atoms with Gasteiger partial charge in [0.15, 0.2) is 23.3 Å². The summed E-state index contributed by atoms with van der Waals surface area (Å²) in [5.41, 5.74) is -2.33. The molecule has 1 fully saturated rings. The van der Waals surface area contributed by atoms with Gasteiger partial charge >= 0.3 is 12.0 Å². The lowest BCUT2D eigenvalue weighted by Gasteiger charge is -2.08. The van der Waals surface area contributed by atoms with Crippen molar-refractivity contribution in [1.29, 1.82) is 0 Å². The van der Waals surface area contributed by atoms with E-state index in [0.717, 1.165) is 0 Å². The fraction of sp³-hybridized carbons (Fsp3) is 0.250. The maximum Gasteiger partial charge on any atom is 0.422 e. The second kappa shape index (κ2) is 3.09. The molecule has 1 aliphatic rings. The van der Waals surface area contributed by atoms with E-state index in [4.69, 9.17) is 0 Å². The molecule has 9 heteroatoms. The molecule has 1 aliphatic heterocycles. The fourth-order valence-corrected chi connectivity index (χ4v) is 1.23. The molecule has 94 valence electrons. The van der Waals surface area contributed by atoms with E-state index < -0.39 is 46.6 Å². The number of rotatable bonds is 1. The fourth-order valence-electron chi connectivity index (χ4n) is 1.23. The van der Waals surface area contributed by atoms with E-state index in [1.54, 1.807) is 0 Å².